The fourth-order valence-electron chi connectivity index (χ4n) is 2.28. The van der Waals surface area contributed by atoms with Crippen molar-refractivity contribution in [1.29, 1.82) is 0 Å². The number of carbonyl (C=O) groups excluding carboxylic acids is 2. The second-order valence-electron chi connectivity index (χ2n) is 6.47. The Kier molecular flexibility index (Phi) is 9.27. The van der Waals surface area contributed by atoms with E-state index in [4.69, 9.17) is 4.74 Å². The van der Waals surface area contributed by atoms with Crippen LogP contribution in [0.15, 0.2) is 40.3 Å². The van der Waals surface area contributed by atoms with E-state index in [2.05, 4.69) is 22.2 Å². The van der Waals surface area contributed by atoms with Crippen molar-refractivity contribution in [3.8, 4) is 0 Å². The molecule has 0 aliphatic rings. The number of hydrogen-bond acceptors (Lipinski definition) is 7. The van der Waals surface area contributed by atoms with Crippen molar-refractivity contribution in [2.75, 3.05) is 16.8 Å². The summed E-state index contributed by atoms with van der Waals surface area (Å²) in [5, 5.41) is 3.15. The molecule has 2 rings (SSSR count). The molecule has 1 heterocycles. The molecule has 0 saturated carbocycles. The van der Waals surface area contributed by atoms with Gasteiger partial charge in [0.15, 0.2) is 5.16 Å². The maximum Gasteiger partial charge on any atom is 0.338 e. The number of hydrogen-bond donors (Lipinski definition) is 2. The first kappa shape index (κ1) is 23.0. The molecule has 0 radical (unpaired) electrons. The van der Waals surface area contributed by atoms with Gasteiger partial charge in [0.2, 0.25) is 5.91 Å². The number of esters is 1. The third-order valence-corrected chi connectivity index (χ3v) is 5.51. The van der Waals surface area contributed by atoms with Crippen LogP contribution in [0.25, 0.3) is 0 Å². The lowest BCUT2D eigenvalue weighted by Crippen LogP contribution is -2.16. The summed E-state index contributed by atoms with van der Waals surface area (Å²) in [6.45, 7) is 5.65. The van der Waals surface area contributed by atoms with Crippen molar-refractivity contribution < 1.29 is 14.3 Å². The van der Waals surface area contributed by atoms with Gasteiger partial charge >= 0.3 is 5.97 Å². The van der Waals surface area contributed by atoms with Crippen LogP contribution in [0.5, 0.6) is 0 Å². The molecule has 0 spiro atoms. The van der Waals surface area contributed by atoms with Gasteiger partial charge in [-0.05, 0) is 44.2 Å². The molecule has 0 atom stereocenters. The Balaban J connectivity index is 1.93. The Bertz CT molecular complexity index is 899. The lowest BCUT2D eigenvalue weighted by Gasteiger charge is -2.10. The van der Waals surface area contributed by atoms with Gasteiger partial charge in [-0.25, -0.2) is 9.78 Å². The zero-order valence-corrected chi connectivity index (χ0v) is 18.3. The molecule has 0 aliphatic carbocycles. The Hall–Kier alpha value is -2.26. The Morgan fingerprint density at radius 1 is 1.28 bits per heavy atom. The second kappa shape index (κ2) is 11.7. The van der Waals surface area contributed by atoms with E-state index in [-0.39, 0.29) is 23.3 Å². The second-order valence-corrected chi connectivity index (χ2v) is 8.54. The van der Waals surface area contributed by atoms with Gasteiger partial charge in [0.25, 0.3) is 5.56 Å². The summed E-state index contributed by atoms with van der Waals surface area (Å²) < 4.78 is 5.16. The normalized spacial score (nSPS) is 10.8. The number of thioether (sulfide) groups is 2. The van der Waals surface area contributed by atoms with Crippen LogP contribution in [0.4, 0.5) is 5.69 Å². The fourth-order valence-corrected chi connectivity index (χ4v) is 3.77. The molecular weight excluding hydrogens is 410 g/mol. The molecule has 0 bridgehead atoms. The molecule has 2 aromatic rings. The zero-order valence-electron chi connectivity index (χ0n) is 16.7. The molecule has 29 heavy (non-hydrogen) atoms. The van der Waals surface area contributed by atoms with E-state index in [1.807, 2.05) is 0 Å². The van der Waals surface area contributed by atoms with Crippen LogP contribution in [0.2, 0.25) is 0 Å². The quantitative estimate of drug-likeness (QED) is 0.254. The zero-order chi connectivity index (χ0) is 21.2. The molecule has 0 unspecified atom stereocenters. The van der Waals surface area contributed by atoms with E-state index in [0.29, 0.717) is 27.9 Å². The number of anilines is 1. The van der Waals surface area contributed by atoms with E-state index < -0.39 is 5.97 Å². The van der Waals surface area contributed by atoms with Crippen LogP contribution in [0.3, 0.4) is 0 Å². The molecule has 0 fully saturated rings. The number of ether oxygens (including phenoxy) is 1. The number of aromatic nitrogens is 2. The van der Waals surface area contributed by atoms with E-state index in [0.717, 1.165) is 23.9 Å². The minimum absolute atomic E-state index is 0.0785. The van der Waals surface area contributed by atoms with Crippen LogP contribution in [-0.4, -0.2) is 39.5 Å². The van der Waals surface area contributed by atoms with Gasteiger partial charge in [-0.15, -0.1) is 0 Å². The summed E-state index contributed by atoms with van der Waals surface area (Å²) >= 11 is 2.87. The number of rotatable bonds is 10. The van der Waals surface area contributed by atoms with Gasteiger partial charge in [0.1, 0.15) is 0 Å². The predicted molar refractivity (Wildman–Crippen MR) is 118 cm³/mol. The Labute approximate surface area is 178 Å². The molecule has 1 amide bonds. The molecule has 0 saturated heterocycles. The van der Waals surface area contributed by atoms with Crippen molar-refractivity contribution in [1.82, 2.24) is 9.97 Å². The van der Waals surface area contributed by atoms with Crippen molar-refractivity contribution in [2.24, 2.45) is 0 Å². The Morgan fingerprint density at radius 2 is 2.07 bits per heavy atom. The van der Waals surface area contributed by atoms with Crippen LogP contribution in [0.1, 0.15) is 43.2 Å². The van der Waals surface area contributed by atoms with Gasteiger partial charge in [-0.1, -0.05) is 24.8 Å². The molecule has 156 valence electrons. The van der Waals surface area contributed by atoms with Gasteiger partial charge < -0.3 is 15.0 Å². The number of nitrogens with one attached hydrogen (secondary N) is 2. The van der Waals surface area contributed by atoms with Crippen LogP contribution < -0.4 is 10.9 Å². The van der Waals surface area contributed by atoms with Crippen molar-refractivity contribution in [3.63, 3.8) is 0 Å². The van der Waals surface area contributed by atoms with Crippen molar-refractivity contribution >= 4 is 41.1 Å². The average Bonchev–Trinajstić information content (AvgIpc) is 2.66. The minimum Gasteiger partial charge on any atom is -0.459 e. The van der Waals surface area contributed by atoms with E-state index in [9.17, 15) is 14.4 Å². The summed E-state index contributed by atoms with van der Waals surface area (Å²) in [6.07, 6.45) is 0.842. The maximum atomic E-state index is 12.3. The molecule has 2 N–H and O–H groups in total. The maximum absolute atomic E-state index is 12.3. The monoisotopic (exact) mass is 435 g/mol. The lowest BCUT2D eigenvalue weighted by atomic mass is 10.2. The lowest BCUT2D eigenvalue weighted by molar-refractivity contribution is -0.113. The first-order chi connectivity index (χ1) is 13.9. The number of H-pyrrole nitrogens is 1. The number of amides is 1. The van der Waals surface area contributed by atoms with Crippen LogP contribution in [-0.2, 0) is 15.3 Å². The van der Waals surface area contributed by atoms with Gasteiger partial charge in [-0.2, -0.15) is 11.8 Å². The van der Waals surface area contributed by atoms with Crippen LogP contribution in [0, 0.1) is 0 Å². The smallest absolute Gasteiger partial charge is 0.338 e. The van der Waals surface area contributed by atoms with E-state index >= 15 is 0 Å². The van der Waals surface area contributed by atoms with E-state index in [1.165, 1.54) is 6.07 Å². The highest BCUT2D eigenvalue weighted by molar-refractivity contribution is 7.99. The van der Waals surface area contributed by atoms with Crippen molar-refractivity contribution in [3.05, 3.63) is 51.9 Å². The van der Waals surface area contributed by atoms with Gasteiger partial charge in [-0.3, -0.25) is 9.59 Å². The number of carbonyl (C=O) groups is 2. The third-order valence-electron chi connectivity index (χ3n) is 3.44. The van der Waals surface area contributed by atoms with Gasteiger partial charge in [0, 0.05) is 17.5 Å². The summed E-state index contributed by atoms with van der Waals surface area (Å²) in [6, 6.07) is 8.05. The summed E-state index contributed by atoms with van der Waals surface area (Å²) in [5.74, 6) is 1.04. The summed E-state index contributed by atoms with van der Waals surface area (Å²) in [5.41, 5.74) is 1.34. The first-order valence-corrected chi connectivity index (χ1v) is 11.4. The number of aromatic amines is 1. The minimum atomic E-state index is -0.440. The highest BCUT2D eigenvalue weighted by Gasteiger charge is 2.11. The molecule has 1 aromatic heterocycles. The van der Waals surface area contributed by atoms with Crippen LogP contribution >= 0.6 is 23.5 Å². The topological polar surface area (TPSA) is 101 Å². The molecule has 0 aliphatic heterocycles. The molecule has 9 heteroatoms. The number of benzene rings is 1. The Morgan fingerprint density at radius 3 is 2.79 bits per heavy atom. The highest BCUT2D eigenvalue weighted by Crippen LogP contribution is 2.17. The SMILES string of the molecule is CCCSCc1cc(=O)[nH]c(SCC(=O)Nc2cccc(C(=O)OC(C)C)c2)n1. The summed E-state index contributed by atoms with van der Waals surface area (Å²) in [7, 11) is 0. The van der Waals surface area contributed by atoms with Gasteiger partial charge in [0.05, 0.1) is 23.1 Å². The van der Waals surface area contributed by atoms with E-state index in [1.54, 1.807) is 49.9 Å². The largest absolute Gasteiger partial charge is 0.459 e. The molecular formula is C20H25N3O4S2. The summed E-state index contributed by atoms with van der Waals surface area (Å²) in [4.78, 5) is 43.1. The molecule has 1 aromatic carbocycles. The first-order valence-electron chi connectivity index (χ1n) is 9.29. The standard InChI is InChI=1S/C20H25N3O4S2/c1-4-8-28-11-16-10-17(24)23-20(22-16)29-12-18(25)21-15-7-5-6-14(9-15)19(26)27-13(2)3/h5-7,9-10,13H,4,8,11-12H2,1-3H3,(H,21,25)(H,22,23,24). The highest BCUT2D eigenvalue weighted by atomic mass is 32.2. The number of nitrogens with zero attached hydrogens (tertiary/aromatic N) is 1. The average molecular weight is 436 g/mol. The molecule has 7 nitrogen and oxygen atoms in total. The fraction of sp³-hybridized carbons (Fsp3) is 0.400. The predicted octanol–water partition coefficient (Wildman–Crippen LogP) is 3.71. The van der Waals surface area contributed by atoms with Crippen molar-refractivity contribution in [2.45, 2.75) is 44.2 Å². The third kappa shape index (κ3) is 8.33.